The first-order valence-corrected chi connectivity index (χ1v) is 12.0. The van der Waals surface area contributed by atoms with E-state index in [0.717, 1.165) is 11.8 Å². The number of alkyl halides is 3. The molecule has 0 N–H and O–H groups in total. The van der Waals surface area contributed by atoms with Crippen molar-refractivity contribution in [1.29, 1.82) is 5.26 Å². The number of anilines is 1. The minimum Gasteiger partial charge on any atom is -0.314 e. The van der Waals surface area contributed by atoms with E-state index in [1.54, 1.807) is 25.1 Å². The standard InChI is InChI=1S/C22H13F3N4O4S2/c1-13-10-14(12-26)2-4-17(13)19-18-5-3-16(11-15(18)6-7-27-19)35(31,32)29(21-28-8-9-34-21)33-20(30)22(23,24)25/h2-11H,1H3. The highest BCUT2D eigenvalue weighted by Crippen LogP contribution is 2.33. The second-order valence-corrected chi connectivity index (χ2v) is 9.73. The third-order valence-corrected chi connectivity index (χ3v) is 7.22. The molecule has 0 unspecified atom stereocenters. The smallest absolute Gasteiger partial charge is 0.314 e. The van der Waals surface area contributed by atoms with Gasteiger partial charge in [0.25, 0.3) is 10.0 Å². The molecule has 4 aromatic rings. The Morgan fingerprint density at radius 3 is 2.51 bits per heavy atom. The number of carbonyl (C=O) groups excluding carboxylic acids is 1. The van der Waals surface area contributed by atoms with E-state index in [-0.39, 0.29) is 4.47 Å². The number of halogens is 3. The fraction of sp³-hybridized carbons (Fsp3) is 0.0909. The molecule has 2 aromatic heterocycles. The van der Waals surface area contributed by atoms with Crippen molar-refractivity contribution in [3.63, 3.8) is 0 Å². The van der Waals surface area contributed by atoms with Crippen molar-refractivity contribution in [2.75, 3.05) is 4.47 Å². The molecule has 4 rings (SSSR count). The van der Waals surface area contributed by atoms with E-state index in [2.05, 4.69) is 20.9 Å². The van der Waals surface area contributed by atoms with Crippen LogP contribution in [-0.2, 0) is 19.7 Å². The molecule has 0 radical (unpaired) electrons. The molecule has 0 fully saturated rings. The number of thiazole rings is 1. The maximum Gasteiger partial charge on any atom is 0.493 e. The second-order valence-electron chi connectivity index (χ2n) is 7.11. The van der Waals surface area contributed by atoms with Gasteiger partial charge in [-0.25, -0.2) is 9.78 Å². The van der Waals surface area contributed by atoms with Crippen LogP contribution in [0, 0.1) is 18.3 Å². The van der Waals surface area contributed by atoms with Crippen molar-refractivity contribution < 1.29 is 31.2 Å². The van der Waals surface area contributed by atoms with Gasteiger partial charge >= 0.3 is 12.1 Å². The fourth-order valence-corrected chi connectivity index (χ4v) is 5.29. The SMILES string of the molecule is Cc1cc(C#N)ccc1-c1nccc2cc(S(=O)(=O)N(OC(=O)C(F)(F)F)c3nccs3)ccc12. The summed E-state index contributed by atoms with van der Waals surface area (Å²) < 4.78 is 64.7. The lowest BCUT2D eigenvalue weighted by molar-refractivity contribution is -0.199. The molecule has 178 valence electrons. The first-order valence-electron chi connectivity index (χ1n) is 9.66. The topological polar surface area (TPSA) is 113 Å². The van der Waals surface area contributed by atoms with Crippen molar-refractivity contribution in [1.82, 2.24) is 9.97 Å². The lowest BCUT2D eigenvalue weighted by Gasteiger charge is -2.20. The van der Waals surface area contributed by atoms with Gasteiger partial charge in [-0.2, -0.15) is 26.9 Å². The zero-order chi connectivity index (χ0) is 25.4. The van der Waals surface area contributed by atoms with Crippen molar-refractivity contribution in [3.05, 3.63) is 71.4 Å². The lowest BCUT2D eigenvalue weighted by atomic mass is 9.98. The van der Waals surface area contributed by atoms with Crippen molar-refractivity contribution in [2.45, 2.75) is 18.0 Å². The molecule has 0 bridgehead atoms. The molecule has 0 aliphatic heterocycles. The molecule has 0 atom stereocenters. The Morgan fingerprint density at radius 2 is 1.89 bits per heavy atom. The summed E-state index contributed by atoms with van der Waals surface area (Å²) >= 11 is 0.671. The molecule has 0 saturated carbocycles. The molecule has 13 heteroatoms. The minimum atomic E-state index is -5.42. The van der Waals surface area contributed by atoms with Gasteiger partial charge in [0, 0.05) is 28.7 Å². The van der Waals surface area contributed by atoms with Gasteiger partial charge in [0.05, 0.1) is 22.2 Å². The quantitative estimate of drug-likeness (QED) is 0.350. The minimum absolute atomic E-state index is 0.137. The van der Waals surface area contributed by atoms with Crippen molar-refractivity contribution in [2.24, 2.45) is 0 Å². The molecule has 0 aliphatic rings. The van der Waals surface area contributed by atoms with E-state index < -0.39 is 32.2 Å². The van der Waals surface area contributed by atoms with Crippen LogP contribution in [0.3, 0.4) is 0 Å². The Hall–Kier alpha value is -4.02. The molecule has 0 aliphatic carbocycles. The van der Waals surface area contributed by atoms with Crippen LogP contribution >= 0.6 is 11.3 Å². The van der Waals surface area contributed by atoms with E-state index in [1.165, 1.54) is 35.8 Å². The Bertz CT molecular complexity index is 1580. The Labute approximate surface area is 200 Å². The van der Waals surface area contributed by atoms with Gasteiger partial charge in [0.1, 0.15) is 0 Å². The van der Waals surface area contributed by atoms with E-state index >= 15 is 0 Å². The van der Waals surface area contributed by atoms with Crippen molar-refractivity contribution in [3.8, 4) is 17.3 Å². The molecular weight excluding hydrogens is 505 g/mol. The summed E-state index contributed by atoms with van der Waals surface area (Å²) in [7, 11) is -4.78. The van der Waals surface area contributed by atoms with Gasteiger partial charge < -0.3 is 4.84 Å². The Morgan fingerprint density at radius 1 is 1.11 bits per heavy atom. The van der Waals surface area contributed by atoms with Gasteiger partial charge in [0.15, 0.2) is 0 Å². The van der Waals surface area contributed by atoms with Gasteiger partial charge in [-0.3, -0.25) is 4.98 Å². The number of rotatable bonds is 5. The number of aromatic nitrogens is 2. The first-order chi connectivity index (χ1) is 16.5. The van der Waals surface area contributed by atoms with E-state index in [1.807, 2.05) is 0 Å². The largest absolute Gasteiger partial charge is 0.493 e. The number of fused-ring (bicyclic) bond motifs is 1. The van der Waals surface area contributed by atoms with Crippen LogP contribution in [0.1, 0.15) is 11.1 Å². The number of hydrogen-bond acceptors (Lipinski definition) is 8. The average molecular weight is 518 g/mol. The van der Waals surface area contributed by atoms with Crippen LogP contribution in [-0.4, -0.2) is 30.5 Å². The van der Waals surface area contributed by atoms with Crippen LogP contribution in [0.15, 0.2) is 65.1 Å². The third-order valence-electron chi connectivity index (χ3n) is 4.84. The normalized spacial score (nSPS) is 11.7. The maximum atomic E-state index is 13.2. The maximum absolute atomic E-state index is 13.2. The molecule has 2 heterocycles. The van der Waals surface area contributed by atoms with Gasteiger partial charge in [-0.05, 0) is 48.2 Å². The number of sulfonamides is 1. The second kappa shape index (κ2) is 8.97. The van der Waals surface area contributed by atoms with Crippen LogP contribution in [0.25, 0.3) is 22.0 Å². The predicted molar refractivity (Wildman–Crippen MR) is 121 cm³/mol. The van der Waals surface area contributed by atoms with Crippen molar-refractivity contribution >= 4 is 43.2 Å². The van der Waals surface area contributed by atoms with E-state index in [4.69, 9.17) is 5.26 Å². The number of hydrogen-bond donors (Lipinski definition) is 0. The van der Waals surface area contributed by atoms with Gasteiger partial charge in [0.2, 0.25) is 5.13 Å². The molecule has 0 spiro atoms. The number of nitrogens with zero attached hydrogens (tertiary/aromatic N) is 4. The first kappa shape index (κ1) is 24.1. The molecular formula is C22H13F3N4O4S2. The van der Waals surface area contributed by atoms with Gasteiger partial charge in [-0.1, -0.05) is 16.6 Å². The van der Waals surface area contributed by atoms with E-state index in [9.17, 15) is 26.4 Å². The highest BCUT2D eigenvalue weighted by molar-refractivity contribution is 7.92. The van der Waals surface area contributed by atoms with Crippen LogP contribution < -0.4 is 4.47 Å². The summed E-state index contributed by atoms with van der Waals surface area (Å²) in [6.45, 7) is 1.80. The molecule has 2 aromatic carbocycles. The molecule has 0 amide bonds. The predicted octanol–water partition coefficient (Wildman–Crippen LogP) is 4.75. The van der Waals surface area contributed by atoms with E-state index in [0.29, 0.717) is 38.9 Å². The van der Waals surface area contributed by atoms with Crippen LogP contribution in [0.2, 0.25) is 0 Å². The Balaban J connectivity index is 1.80. The monoisotopic (exact) mass is 518 g/mol. The lowest BCUT2D eigenvalue weighted by Crippen LogP contribution is -2.38. The summed E-state index contributed by atoms with van der Waals surface area (Å²) in [5.74, 6) is -2.71. The average Bonchev–Trinajstić information content (AvgIpc) is 3.35. The molecule has 8 nitrogen and oxygen atoms in total. The zero-order valence-electron chi connectivity index (χ0n) is 17.6. The van der Waals surface area contributed by atoms with Crippen LogP contribution in [0.5, 0.6) is 0 Å². The van der Waals surface area contributed by atoms with Gasteiger partial charge in [-0.15, -0.1) is 11.3 Å². The number of pyridine rings is 1. The summed E-state index contributed by atoms with van der Waals surface area (Å²) in [5.41, 5.74) is 2.48. The highest BCUT2D eigenvalue weighted by Gasteiger charge is 2.45. The molecule has 35 heavy (non-hydrogen) atoms. The number of nitriles is 1. The zero-order valence-corrected chi connectivity index (χ0v) is 19.3. The fourth-order valence-electron chi connectivity index (χ4n) is 3.25. The number of benzene rings is 2. The summed E-state index contributed by atoms with van der Waals surface area (Å²) in [6.07, 6.45) is -2.82. The number of carbonyl (C=O) groups is 1. The summed E-state index contributed by atoms with van der Waals surface area (Å²) in [6, 6.07) is 12.5. The summed E-state index contributed by atoms with van der Waals surface area (Å²) in [4.78, 5) is 23.3. The Kier molecular flexibility index (Phi) is 6.18. The molecule has 0 saturated heterocycles. The summed E-state index contributed by atoms with van der Waals surface area (Å²) in [5, 5.41) is 10.9. The highest BCUT2D eigenvalue weighted by atomic mass is 32.2. The third kappa shape index (κ3) is 4.66. The van der Waals surface area contributed by atoms with Crippen LogP contribution in [0.4, 0.5) is 18.3 Å². The number of aryl methyl sites for hydroxylation is 1.